The summed E-state index contributed by atoms with van der Waals surface area (Å²) in [5.74, 6) is 1.18. The van der Waals surface area contributed by atoms with Crippen molar-refractivity contribution in [3.8, 4) is 11.4 Å². The van der Waals surface area contributed by atoms with Crippen LogP contribution < -0.4 is 5.73 Å². The normalized spacial score (nSPS) is 12.7. The van der Waals surface area contributed by atoms with Gasteiger partial charge in [0.05, 0.1) is 5.41 Å². The Hall–Kier alpha value is -1.68. The van der Waals surface area contributed by atoms with E-state index in [0.29, 0.717) is 11.7 Å². The molecule has 0 aliphatic rings. The first-order valence-electron chi connectivity index (χ1n) is 6.42. The summed E-state index contributed by atoms with van der Waals surface area (Å²) >= 11 is 0. The first-order chi connectivity index (χ1) is 8.73. The summed E-state index contributed by atoms with van der Waals surface area (Å²) in [7, 11) is 0. The summed E-state index contributed by atoms with van der Waals surface area (Å²) in [6.45, 7) is 9.99. The van der Waals surface area contributed by atoms with Gasteiger partial charge in [-0.3, -0.25) is 0 Å². The zero-order chi connectivity index (χ0) is 14.3. The molecule has 0 saturated carbocycles. The Bertz CT molecular complexity index is 579. The van der Waals surface area contributed by atoms with Gasteiger partial charge in [0.25, 0.3) is 0 Å². The SMILES string of the molecule is Cc1ccccc1-c1noc(C(C)(C)C(C)(C)N)n1. The second-order valence-electron chi connectivity index (χ2n) is 6.08. The topological polar surface area (TPSA) is 64.9 Å². The molecule has 0 bridgehead atoms. The molecule has 0 fully saturated rings. The van der Waals surface area contributed by atoms with Crippen molar-refractivity contribution in [1.82, 2.24) is 10.1 Å². The van der Waals surface area contributed by atoms with Crippen LogP contribution in [0.5, 0.6) is 0 Å². The molecule has 102 valence electrons. The van der Waals surface area contributed by atoms with Gasteiger partial charge in [-0.25, -0.2) is 0 Å². The number of rotatable bonds is 3. The number of nitrogens with zero attached hydrogens (tertiary/aromatic N) is 2. The molecule has 2 aromatic rings. The fraction of sp³-hybridized carbons (Fsp3) is 0.467. The van der Waals surface area contributed by atoms with E-state index in [1.807, 2.05) is 58.9 Å². The standard InChI is InChI=1S/C15H21N3O/c1-10-8-6-7-9-11(10)12-17-13(19-18-12)14(2,3)15(4,5)16/h6-9H,16H2,1-5H3. The van der Waals surface area contributed by atoms with E-state index in [2.05, 4.69) is 10.1 Å². The Morgan fingerprint density at radius 2 is 1.74 bits per heavy atom. The molecule has 0 saturated heterocycles. The van der Waals surface area contributed by atoms with Crippen molar-refractivity contribution in [1.29, 1.82) is 0 Å². The molecule has 0 spiro atoms. The minimum absolute atomic E-state index is 0.388. The largest absolute Gasteiger partial charge is 0.338 e. The Balaban J connectivity index is 2.43. The molecule has 0 atom stereocenters. The maximum absolute atomic E-state index is 6.20. The third-order valence-corrected chi connectivity index (χ3v) is 3.96. The average Bonchev–Trinajstić information content (AvgIpc) is 2.77. The van der Waals surface area contributed by atoms with Gasteiger partial charge in [0, 0.05) is 11.1 Å². The quantitative estimate of drug-likeness (QED) is 0.920. The minimum Gasteiger partial charge on any atom is -0.338 e. The lowest BCUT2D eigenvalue weighted by Gasteiger charge is -2.34. The van der Waals surface area contributed by atoms with Gasteiger partial charge in [0.2, 0.25) is 11.7 Å². The molecule has 4 nitrogen and oxygen atoms in total. The number of aryl methyl sites for hydroxylation is 1. The molecule has 0 unspecified atom stereocenters. The maximum Gasteiger partial charge on any atom is 0.234 e. The van der Waals surface area contributed by atoms with Crippen molar-refractivity contribution < 1.29 is 4.52 Å². The highest BCUT2D eigenvalue weighted by Gasteiger charge is 2.40. The molecule has 0 radical (unpaired) electrons. The summed E-state index contributed by atoms with van der Waals surface area (Å²) < 4.78 is 5.42. The highest BCUT2D eigenvalue weighted by atomic mass is 16.5. The van der Waals surface area contributed by atoms with E-state index >= 15 is 0 Å². The number of nitrogens with two attached hydrogens (primary N) is 1. The molecule has 0 aliphatic carbocycles. The molecular weight excluding hydrogens is 238 g/mol. The Morgan fingerprint density at radius 1 is 1.11 bits per heavy atom. The molecule has 1 heterocycles. The summed E-state index contributed by atoms with van der Waals surface area (Å²) in [5, 5.41) is 4.09. The Labute approximate surface area is 114 Å². The first-order valence-corrected chi connectivity index (χ1v) is 6.42. The fourth-order valence-corrected chi connectivity index (χ4v) is 1.69. The second-order valence-corrected chi connectivity index (χ2v) is 6.08. The van der Waals surface area contributed by atoms with E-state index in [1.165, 1.54) is 0 Å². The van der Waals surface area contributed by atoms with E-state index in [-0.39, 0.29) is 5.41 Å². The van der Waals surface area contributed by atoms with E-state index in [9.17, 15) is 0 Å². The third-order valence-electron chi connectivity index (χ3n) is 3.96. The van der Waals surface area contributed by atoms with Crippen LogP contribution in [0.4, 0.5) is 0 Å². The van der Waals surface area contributed by atoms with Gasteiger partial charge >= 0.3 is 0 Å². The van der Waals surface area contributed by atoms with Crippen LogP contribution in [0.2, 0.25) is 0 Å². The highest BCUT2D eigenvalue weighted by Crippen LogP contribution is 2.33. The highest BCUT2D eigenvalue weighted by molar-refractivity contribution is 5.59. The molecule has 2 N–H and O–H groups in total. The van der Waals surface area contributed by atoms with Crippen LogP contribution in [0.25, 0.3) is 11.4 Å². The fourth-order valence-electron chi connectivity index (χ4n) is 1.69. The van der Waals surface area contributed by atoms with E-state index < -0.39 is 5.54 Å². The smallest absolute Gasteiger partial charge is 0.234 e. The number of hydrogen-bond donors (Lipinski definition) is 1. The van der Waals surface area contributed by atoms with E-state index in [4.69, 9.17) is 10.3 Å². The van der Waals surface area contributed by atoms with Crippen LogP contribution >= 0.6 is 0 Å². The molecule has 0 amide bonds. The lowest BCUT2D eigenvalue weighted by atomic mass is 9.75. The predicted molar refractivity (Wildman–Crippen MR) is 75.8 cm³/mol. The first kappa shape index (κ1) is 13.7. The molecule has 19 heavy (non-hydrogen) atoms. The molecular formula is C15H21N3O. The maximum atomic E-state index is 6.20. The predicted octanol–water partition coefficient (Wildman–Crippen LogP) is 3.06. The lowest BCUT2D eigenvalue weighted by molar-refractivity contribution is 0.223. The van der Waals surface area contributed by atoms with Crippen molar-refractivity contribution in [2.75, 3.05) is 0 Å². The van der Waals surface area contributed by atoms with Gasteiger partial charge < -0.3 is 10.3 Å². The van der Waals surface area contributed by atoms with Crippen LogP contribution in [0, 0.1) is 6.92 Å². The molecule has 0 aliphatic heterocycles. The second kappa shape index (κ2) is 4.46. The van der Waals surface area contributed by atoms with Crippen molar-refractivity contribution in [3.63, 3.8) is 0 Å². The van der Waals surface area contributed by atoms with Crippen LogP contribution in [-0.2, 0) is 5.41 Å². The van der Waals surface area contributed by atoms with Crippen LogP contribution in [0.1, 0.15) is 39.1 Å². The minimum atomic E-state index is -0.442. The van der Waals surface area contributed by atoms with Gasteiger partial charge in [0.15, 0.2) is 0 Å². The van der Waals surface area contributed by atoms with Crippen molar-refractivity contribution in [3.05, 3.63) is 35.7 Å². The Morgan fingerprint density at radius 3 is 2.32 bits per heavy atom. The van der Waals surface area contributed by atoms with Crippen molar-refractivity contribution in [2.24, 2.45) is 5.73 Å². The van der Waals surface area contributed by atoms with E-state index in [1.54, 1.807) is 0 Å². The Kier molecular flexibility index (Phi) is 3.22. The number of benzene rings is 1. The summed E-state index contributed by atoms with van der Waals surface area (Å²) in [5.41, 5.74) is 7.48. The number of hydrogen-bond acceptors (Lipinski definition) is 4. The molecule has 1 aromatic carbocycles. The zero-order valence-corrected chi connectivity index (χ0v) is 12.2. The van der Waals surface area contributed by atoms with Gasteiger partial charge in [-0.1, -0.05) is 29.4 Å². The molecule has 2 rings (SSSR count). The zero-order valence-electron chi connectivity index (χ0n) is 12.2. The summed E-state index contributed by atoms with van der Waals surface area (Å²) in [6, 6.07) is 7.98. The molecule has 1 aromatic heterocycles. The van der Waals surface area contributed by atoms with Crippen LogP contribution in [0.15, 0.2) is 28.8 Å². The van der Waals surface area contributed by atoms with Gasteiger partial charge in [-0.2, -0.15) is 4.98 Å². The van der Waals surface area contributed by atoms with Crippen molar-refractivity contribution >= 4 is 0 Å². The van der Waals surface area contributed by atoms with Crippen LogP contribution in [-0.4, -0.2) is 15.7 Å². The van der Waals surface area contributed by atoms with Gasteiger partial charge in [-0.15, -0.1) is 0 Å². The number of aromatic nitrogens is 2. The van der Waals surface area contributed by atoms with Gasteiger partial charge in [-0.05, 0) is 40.2 Å². The average molecular weight is 259 g/mol. The lowest BCUT2D eigenvalue weighted by Crippen LogP contribution is -2.50. The monoisotopic (exact) mass is 259 g/mol. The summed E-state index contributed by atoms with van der Waals surface area (Å²) in [6.07, 6.45) is 0. The third kappa shape index (κ3) is 2.40. The molecule has 4 heteroatoms. The van der Waals surface area contributed by atoms with E-state index in [0.717, 1.165) is 11.1 Å². The van der Waals surface area contributed by atoms with Crippen LogP contribution in [0.3, 0.4) is 0 Å². The van der Waals surface area contributed by atoms with Gasteiger partial charge in [0.1, 0.15) is 0 Å². The summed E-state index contributed by atoms with van der Waals surface area (Å²) in [4.78, 5) is 4.52. The van der Waals surface area contributed by atoms with Crippen molar-refractivity contribution in [2.45, 2.75) is 45.6 Å².